The number of carbonyl (C=O) groups is 2. The van der Waals surface area contributed by atoms with E-state index in [9.17, 15) is 19.8 Å². The third-order valence-electron chi connectivity index (χ3n) is 1.57. The van der Waals surface area contributed by atoms with Crippen LogP contribution in [0.25, 0.3) is 0 Å². The minimum Gasteiger partial charge on any atom is -0.845 e. The molecule has 8 heteroatoms. The summed E-state index contributed by atoms with van der Waals surface area (Å²) in [6, 6.07) is -1.85. The van der Waals surface area contributed by atoms with Gasteiger partial charge in [-0.3, -0.25) is 15.4 Å². The van der Waals surface area contributed by atoms with E-state index < -0.39 is 29.5 Å². The average Bonchev–Trinajstić information content (AvgIpc) is 2.26. The summed E-state index contributed by atoms with van der Waals surface area (Å²) in [4.78, 5) is 27.9. The molecule has 13 heavy (non-hydrogen) atoms. The molecular weight excluding hydrogens is 180 g/mol. The third-order valence-corrected chi connectivity index (χ3v) is 1.57. The number of amides is 3. The summed E-state index contributed by atoms with van der Waals surface area (Å²) in [5.41, 5.74) is -2.36. The molecule has 0 aromatic rings. The van der Waals surface area contributed by atoms with Crippen LogP contribution in [0.4, 0.5) is 4.79 Å². The first-order valence-corrected chi connectivity index (χ1v) is 3.23. The number of carbonyl (C=O) groups excluding carboxylic acids is 2. The molecule has 0 saturated carbocycles. The molecule has 1 unspecified atom stereocenters. The number of amidine groups is 2. The van der Waals surface area contributed by atoms with Gasteiger partial charge in [-0.05, 0) is 0 Å². The van der Waals surface area contributed by atoms with Gasteiger partial charge in [0.2, 0.25) is 0 Å². The fraction of sp³-hybridized carbons (Fsp3) is 0.200. The molecule has 2 heterocycles. The average molecular weight is 183 g/mol. The first kappa shape index (κ1) is 7.68. The van der Waals surface area contributed by atoms with E-state index in [0.29, 0.717) is 0 Å². The van der Waals surface area contributed by atoms with Gasteiger partial charge in [0.25, 0.3) is 11.6 Å². The molecule has 1 fully saturated rings. The molecule has 1 saturated heterocycles. The van der Waals surface area contributed by atoms with Crippen LogP contribution in [0, 0.1) is 0 Å². The summed E-state index contributed by atoms with van der Waals surface area (Å²) in [6.45, 7) is 0. The van der Waals surface area contributed by atoms with Crippen molar-refractivity contribution in [1.29, 1.82) is 0 Å². The highest BCUT2D eigenvalue weighted by molar-refractivity contribution is 6.26. The lowest BCUT2D eigenvalue weighted by molar-refractivity contribution is -0.217. The van der Waals surface area contributed by atoms with Crippen molar-refractivity contribution in [1.82, 2.24) is 10.6 Å². The van der Waals surface area contributed by atoms with E-state index in [1.54, 1.807) is 5.32 Å². The molecule has 0 aromatic carbocycles. The van der Waals surface area contributed by atoms with Crippen LogP contribution in [-0.4, -0.2) is 34.6 Å². The smallest absolute Gasteiger partial charge is 0.327 e. The van der Waals surface area contributed by atoms with E-state index in [4.69, 9.17) is 0 Å². The van der Waals surface area contributed by atoms with Gasteiger partial charge in [0, 0.05) is 0 Å². The fourth-order valence-electron chi connectivity index (χ4n) is 0.992. The van der Waals surface area contributed by atoms with Crippen molar-refractivity contribution in [2.24, 2.45) is 9.98 Å². The van der Waals surface area contributed by atoms with Gasteiger partial charge in [-0.2, -0.15) is 0 Å². The van der Waals surface area contributed by atoms with Crippen LogP contribution in [0.2, 0.25) is 0 Å². The molecule has 3 amide bonds. The number of rotatable bonds is 0. The Morgan fingerprint density at radius 3 is 2.77 bits per heavy atom. The quantitative estimate of drug-likeness (QED) is 0.362. The molecule has 2 aliphatic heterocycles. The van der Waals surface area contributed by atoms with Crippen LogP contribution in [0.5, 0.6) is 0 Å². The monoisotopic (exact) mass is 183 g/mol. The predicted octanol–water partition coefficient (Wildman–Crippen LogP) is -3.36. The minimum absolute atomic E-state index is 0.453. The zero-order chi connectivity index (χ0) is 9.64. The van der Waals surface area contributed by atoms with Gasteiger partial charge in [-0.15, -0.1) is 0 Å². The van der Waals surface area contributed by atoms with Gasteiger partial charge in [0.1, 0.15) is 0 Å². The molecule has 2 rings (SSSR count). The van der Waals surface area contributed by atoms with Gasteiger partial charge >= 0.3 is 6.03 Å². The van der Waals surface area contributed by atoms with Crippen LogP contribution in [0.3, 0.4) is 0 Å². The van der Waals surface area contributed by atoms with Gasteiger partial charge in [0.05, 0.1) is 6.02 Å². The number of nitrogens with one attached hydrogen (secondary N) is 2. The Morgan fingerprint density at radius 2 is 2.08 bits per heavy atom. The van der Waals surface area contributed by atoms with E-state index in [1.165, 1.54) is 0 Å². The number of imide groups is 1. The Labute approximate surface area is 71.0 Å². The van der Waals surface area contributed by atoms with E-state index in [0.717, 1.165) is 0 Å². The minimum atomic E-state index is -2.36. The predicted molar refractivity (Wildman–Crippen MR) is 36.5 cm³/mol. The van der Waals surface area contributed by atoms with Crippen LogP contribution in [0.1, 0.15) is 0 Å². The molecule has 0 aromatic heterocycles. The highest BCUT2D eigenvalue weighted by Crippen LogP contribution is 2.16. The Balaban J connectivity index is 2.47. The second-order valence-electron chi connectivity index (χ2n) is 2.44. The maximum atomic E-state index is 11.0. The van der Waals surface area contributed by atoms with Crippen molar-refractivity contribution in [3.8, 4) is 0 Å². The zero-order valence-corrected chi connectivity index (χ0v) is 6.07. The summed E-state index contributed by atoms with van der Waals surface area (Å²) in [7, 11) is 0. The summed E-state index contributed by atoms with van der Waals surface area (Å²) in [5, 5.41) is 23.8. The van der Waals surface area contributed by atoms with E-state index in [-0.39, 0.29) is 0 Å². The lowest BCUT2D eigenvalue weighted by Crippen LogP contribution is -2.64. The lowest BCUT2D eigenvalue weighted by atomic mass is 10.1. The van der Waals surface area contributed by atoms with Crippen molar-refractivity contribution in [2.75, 3.05) is 0 Å². The highest BCUT2D eigenvalue weighted by atomic mass is 16.3. The summed E-state index contributed by atoms with van der Waals surface area (Å²) in [5.74, 6) is -1.54. The van der Waals surface area contributed by atoms with Gasteiger partial charge in [-0.1, -0.05) is 0 Å². The molecule has 2 aliphatic rings. The molecular formula is C5H3N4O4-. The SMILES string of the molecule is O=C1NC(=O)C2(O)N=C([O-])N=C2N1. The highest BCUT2D eigenvalue weighted by Gasteiger charge is 2.49. The number of hydrogen-bond acceptors (Lipinski definition) is 6. The number of nitrogens with zero attached hydrogens (tertiary/aromatic N) is 2. The Bertz CT molecular complexity index is 373. The van der Waals surface area contributed by atoms with Gasteiger partial charge < -0.3 is 10.2 Å². The topological polar surface area (TPSA) is 126 Å². The Hall–Kier alpha value is -1.96. The summed E-state index contributed by atoms with van der Waals surface area (Å²) >= 11 is 0. The van der Waals surface area contributed by atoms with E-state index >= 15 is 0 Å². The molecule has 0 radical (unpaired) electrons. The maximum absolute atomic E-state index is 11.0. The van der Waals surface area contributed by atoms with Gasteiger partial charge in [0.15, 0.2) is 5.84 Å². The fourth-order valence-corrected chi connectivity index (χ4v) is 0.992. The first-order valence-electron chi connectivity index (χ1n) is 3.23. The normalized spacial score (nSPS) is 31.5. The summed E-state index contributed by atoms with van der Waals surface area (Å²) < 4.78 is 0. The molecule has 0 bridgehead atoms. The van der Waals surface area contributed by atoms with Crippen molar-refractivity contribution in [3.63, 3.8) is 0 Å². The molecule has 0 aliphatic carbocycles. The second kappa shape index (κ2) is 2.04. The van der Waals surface area contributed by atoms with Crippen molar-refractivity contribution < 1.29 is 19.8 Å². The molecule has 8 nitrogen and oxygen atoms in total. The number of aliphatic hydroxyl groups is 1. The first-order chi connectivity index (χ1) is 6.02. The largest absolute Gasteiger partial charge is 0.845 e. The Kier molecular flexibility index (Phi) is 1.21. The standard InChI is InChI=1S/C5H4N4O4/c10-2-5(13)1(6-3(11)8-2)7-4(12)9-5/h13H,(H3,6,7,8,9,10,11,12)/p-1. The van der Waals surface area contributed by atoms with Crippen molar-refractivity contribution in [2.45, 2.75) is 5.72 Å². The molecule has 68 valence electrons. The van der Waals surface area contributed by atoms with Crippen LogP contribution < -0.4 is 15.7 Å². The molecule has 1 atom stereocenters. The van der Waals surface area contributed by atoms with Crippen LogP contribution in [-0.2, 0) is 4.79 Å². The van der Waals surface area contributed by atoms with E-state index in [2.05, 4.69) is 9.98 Å². The van der Waals surface area contributed by atoms with Crippen LogP contribution >= 0.6 is 0 Å². The number of hydrogen-bond donors (Lipinski definition) is 3. The zero-order valence-electron chi connectivity index (χ0n) is 6.07. The van der Waals surface area contributed by atoms with Crippen LogP contribution in [0.15, 0.2) is 9.98 Å². The Morgan fingerprint density at radius 1 is 1.38 bits per heavy atom. The molecule has 0 spiro atoms. The van der Waals surface area contributed by atoms with Gasteiger partial charge in [-0.25, -0.2) is 14.8 Å². The number of aliphatic imine (C=N–C) groups is 2. The number of urea groups is 1. The second-order valence-corrected chi connectivity index (χ2v) is 2.44. The lowest BCUT2D eigenvalue weighted by Gasteiger charge is -2.25. The summed E-state index contributed by atoms with van der Waals surface area (Å²) in [6.07, 6.45) is 0. The maximum Gasteiger partial charge on any atom is 0.327 e. The third kappa shape index (κ3) is 0.888. The van der Waals surface area contributed by atoms with Crippen molar-refractivity contribution in [3.05, 3.63) is 0 Å². The van der Waals surface area contributed by atoms with Crippen molar-refractivity contribution >= 4 is 23.8 Å². The van der Waals surface area contributed by atoms with E-state index in [1.807, 2.05) is 5.32 Å². The number of fused-ring (bicyclic) bond motifs is 1. The molecule has 3 N–H and O–H groups in total.